The Hall–Kier alpha value is -3.39. The third-order valence-electron chi connectivity index (χ3n) is 5.15. The number of benzene rings is 3. The van der Waals surface area contributed by atoms with E-state index < -0.39 is 5.41 Å². The SMILES string of the molecule is O=C1CC(c2ccccc2)(c2ccccc2)C=CC1=C(O)c1ccccc1. The van der Waals surface area contributed by atoms with Crippen molar-refractivity contribution < 1.29 is 9.90 Å². The second-order valence-corrected chi connectivity index (χ2v) is 6.76. The van der Waals surface area contributed by atoms with E-state index in [0.29, 0.717) is 11.1 Å². The van der Waals surface area contributed by atoms with Gasteiger partial charge in [0.15, 0.2) is 5.78 Å². The summed E-state index contributed by atoms with van der Waals surface area (Å²) in [6, 6.07) is 29.3. The smallest absolute Gasteiger partial charge is 0.168 e. The van der Waals surface area contributed by atoms with Gasteiger partial charge in [-0.25, -0.2) is 0 Å². The second kappa shape index (κ2) is 7.08. The number of rotatable bonds is 3. The van der Waals surface area contributed by atoms with Crippen molar-refractivity contribution in [3.63, 3.8) is 0 Å². The lowest BCUT2D eigenvalue weighted by molar-refractivity contribution is -0.116. The topological polar surface area (TPSA) is 37.3 Å². The minimum absolute atomic E-state index is 0.0339. The summed E-state index contributed by atoms with van der Waals surface area (Å²) in [5.74, 6) is -0.0295. The van der Waals surface area contributed by atoms with Gasteiger partial charge in [0.05, 0.1) is 5.57 Å². The zero-order valence-electron chi connectivity index (χ0n) is 14.9. The monoisotopic (exact) mass is 352 g/mol. The molecule has 0 fully saturated rings. The van der Waals surface area contributed by atoms with Gasteiger partial charge in [0.25, 0.3) is 0 Å². The molecule has 0 saturated carbocycles. The molecule has 1 aliphatic carbocycles. The summed E-state index contributed by atoms with van der Waals surface area (Å²) in [6.07, 6.45) is 4.10. The van der Waals surface area contributed by atoms with Crippen LogP contribution in [-0.4, -0.2) is 10.9 Å². The fraction of sp³-hybridized carbons (Fsp3) is 0.0800. The van der Waals surface area contributed by atoms with Crippen molar-refractivity contribution >= 4 is 11.5 Å². The van der Waals surface area contributed by atoms with Crippen molar-refractivity contribution in [3.05, 3.63) is 125 Å². The Kier molecular flexibility index (Phi) is 4.47. The number of hydrogen-bond acceptors (Lipinski definition) is 2. The van der Waals surface area contributed by atoms with Gasteiger partial charge in [-0.1, -0.05) is 103 Å². The van der Waals surface area contributed by atoms with Crippen molar-refractivity contribution in [2.75, 3.05) is 0 Å². The largest absolute Gasteiger partial charge is 0.507 e. The lowest BCUT2D eigenvalue weighted by atomic mass is 9.67. The molecule has 0 aromatic heterocycles. The summed E-state index contributed by atoms with van der Waals surface area (Å²) in [5, 5.41) is 10.6. The standard InChI is InChI=1S/C25H20O2/c26-23-18-25(20-12-6-2-7-13-20,21-14-8-3-9-15-21)17-16-22(23)24(27)19-10-4-1-5-11-19/h1-17,27H,18H2. The molecule has 1 N–H and O–H groups in total. The average molecular weight is 352 g/mol. The molecular weight excluding hydrogens is 332 g/mol. The zero-order chi connectivity index (χ0) is 18.7. The molecule has 0 bridgehead atoms. The first-order valence-corrected chi connectivity index (χ1v) is 9.03. The van der Waals surface area contributed by atoms with Gasteiger partial charge in [0, 0.05) is 17.4 Å². The van der Waals surface area contributed by atoms with Gasteiger partial charge in [-0.3, -0.25) is 4.79 Å². The first kappa shape index (κ1) is 17.0. The summed E-state index contributed by atoms with van der Waals surface area (Å²) in [5.41, 5.74) is 2.62. The minimum Gasteiger partial charge on any atom is -0.507 e. The molecule has 27 heavy (non-hydrogen) atoms. The Balaban J connectivity index is 1.86. The van der Waals surface area contributed by atoms with Gasteiger partial charge in [-0.15, -0.1) is 0 Å². The van der Waals surface area contributed by atoms with E-state index in [2.05, 4.69) is 24.3 Å². The number of ketones is 1. The quantitative estimate of drug-likeness (QED) is 0.501. The van der Waals surface area contributed by atoms with E-state index in [0.717, 1.165) is 11.1 Å². The lowest BCUT2D eigenvalue weighted by Gasteiger charge is -2.34. The van der Waals surface area contributed by atoms with E-state index >= 15 is 0 Å². The number of hydrogen-bond donors (Lipinski definition) is 1. The maximum Gasteiger partial charge on any atom is 0.168 e. The summed E-state index contributed by atoms with van der Waals surface area (Å²) in [6.45, 7) is 0. The molecule has 2 heteroatoms. The van der Waals surface area contributed by atoms with E-state index in [1.165, 1.54) is 0 Å². The normalized spacial score (nSPS) is 17.6. The van der Waals surface area contributed by atoms with Gasteiger partial charge in [0.1, 0.15) is 5.76 Å². The van der Waals surface area contributed by atoms with Crippen LogP contribution in [0, 0.1) is 0 Å². The maximum absolute atomic E-state index is 13.1. The number of aliphatic hydroxyl groups is 1. The van der Waals surface area contributed by atoms with Gasteiger partial charge in [-0.05, 0) is 11.1 Å². The summed E-state index contributed by atoms with van der Waals surface area (Å²) in [7, 11) is 0. The van der Waals surface area contributed by atoms with Gasteiger partial charge >= 0.3 is 0 Å². The van der Waals surface area contributed by atoms with Crippen molar-refractivity contribution in [1.29, 1.82) is 0 Å². The van der Waals surface area contributed by atoms with E-state index in [-0.39, 0.29) is 18.0 Å². The van der Waals surface area contributed by atoms with E-state index in [1.807, 2.05) is 60.7 Å². The first-order chi connectivity index (χ1) is 13.2. The Bertz CT molecular complexity index is 960. The molecule has 0 saturated heterocycles. The van der Waals surface area contributed by atoms with Crippen molar-refractivity contribution in [3.8, 4) is 0 Å². The van der Waals surface area contributed by atoms with Crippen LogP contribution in [0.1, 0.15) is 23.1 Å². The summed E-state index contributed by atoms with van der Waals surface area (Å²) < 4.78 is 0. The molecule has 0 spiro atoms. The van der Waals surface area contributed by atoms with Crippen LogP contribution in [0.3, 0.4) is 0 Å². The predicted octanol–water partition coefficient (Wildman–Crippen LogP) is 5.47. The number of carbonyl (C=O) groups excluding carboxylic acids is 1. The number of Topliss-reactive ketones (excluding diaryl/α,β-unsaturated/α-hetero) is 1. The molecule has 0 radical (unpaired) electrons. The average Bonchev–Trinajstić information content (AvgIpc) is 2.75. The fourth-order valence-corrected chi connectivity index (χ4v) is 3.72. The van der Waals surface area contributed by atoms with Crippen LogP contribution in [0.25, 0.3) is 5.76 Å². The molecule has 0 unspecified atom stereocenters. The Morgan fingerprint density at radius 2 is 1.22 bits per heavy atom. The van der Waals surface area contributed by atoms with Crippen molar-refractivity contribution in [1.82, 2.24) is 0 Å². The zero-order valence-corrected chi connectivity index (χ0v) is 14.9. The number of carbonyl (C=O) groups is 1. The van der Waals surface area contributed by atoms with Crippen LogP contribution in [0.15, 0.2) is 109 Å². The summed E-state index contributed by atoms with van der Waals surface area (Å²) in [4.78, 5) is 13.1. The first-order valence-electron chi connectivity index (χ1n) is 9.03. The lowest BCUT2D eigenvalue weighted by Crippen LogP contribution is -2.32. The van der Waals surface area contributed by atoms with Gasteiger partial charge in [0.2, 0.25) is 0 Å². The van der Waals surface area contributed by atoms with E-state index in [4.69, 9.17) is 0 Å². The van der Waals surface area contributed by atoms with E-state index in [9.17, 15) is 9.90 Å². The molecule has 0 amide bonds. The molecule has 132 valence electrons. The Morgan fingerprint density at radius 1 is 0.741 bits per heavy atom. The molecule has 3 aromatic rings. The van der Waals surface area contributed by atoms with Crippen molar-refractivity contribution in [2.45, 2.75) is 11.8 Å². The van der Waals surface area contributed by atoms with Crippen LogP contribution in [0.4, 0.5) is 0 Å². The molecule has 1 aliphatic rings. The molecule has 0 heterocycles. The minimum atomic E-state index is -0.528. The summed E-state index contributed by atoms with van der Waals surface area (Å²) >= 11 is 0. The molecule has 0 aliphatic heterocycles. The fourth-order valence-electron chi connectivity index (χ4n) is 3.72. The maximum atomic E-state index is 13.1. The molecule has 0 atom stereocenters. The third kappa shape index (κ3) is 3.11. The number of allylic oxidation sites excluding steroid dienone is 3. The van der Waals surface area contributed by atoms with Crippen LogP contribution >= 0.6 is 0 Å². The second-order valence-electron chi connectivity index (χ2n) is 6.76. The molecule has 2 nitrogen and oxygen atoms in total. The van der Waals surface area contributed by atoms with Gasteiger partial charge in [-0.2, -0.15) is 0 Å². The Morgan fingerprint density at radius 3 is 1.70 bits per heavy atom. The van der Waals surface area contributed by atoms with Crippen LogP contribution in [0.2, 0.25) is 0 Å². The van der Waals surface area contributed by atoms with Crippen LogP contribution in [-0.2, 0) is 10.2 Å². The van der Waals surface area contributed by atoms with Gasteiger partial charge < -0.3 is 5.11 Å². The van der Waals surface area contributed by atoms with Crippen LogP contribution < -0.4 is 0 Å². The van der Waals surface area contributed by atoms with Crippen molar-refractivity contribution in [2.24, 2.45) is 0 Å². The highest BCUT2D eigenvalue weighted by Gasteiger charge is 2.38. The predicted molar refractivity (Wildman–Crippen MR) is 108 cm³/mol. The highest BCUT2D eigenvalue weighted by atomic mass is 16.3. The Labute approximate surface area is 159 Å². The van der Waals surface area contributed by atoms with Crippen LogP contribution in [0.5, 0.6) is 0 Å². The molecule has 4 rings (SSSR count). The number of aliphatic hydroxyl groups excluding tert-OH is 1. The highest BCUT2D eigenvalue weighted by Crippen LogP contribution is 2.42. The van der Waals surface area contributed by atoms with E-state index in [1.54, 1.807) is 18.2 Å². The highest BCUT2D eigenvalue weighted by molar-refractivity contribution is 6.06. The third-order valence-corrected chi connectivity index (χ3v) is 5.15. The molecular formula is C25H20O2. The molecule has 3 aromatic carbocycles.